The Morgan fingerprint density at radius 2 is 2.60 bits per heavy atom. The minimum absolute atomic E-state index is 0.344. The molecule has 1 radical (unpaired) electrons. The van der Waals surface area contributed by atoms with E-state index in [1.165, 1.54) is 6.33 Å². The molecule has 0 spiro atoms. The first-order valence-corrected chi connectivity index (χ1v) is 3.11. The first kappa shape index (κ1) is 6.92. The fourth-order valence-electron chi connectivity index (χ4n) is 0.467. The predicted molar refractivity (Wildman–Crippen MR) is 34.4 cm³/mol. The molecule has 0 N–H and O–H groups in total. The van der Waals surface area contributed by atoms with E-state index in [-0.39, 0.29) is 0 Å². The molecule has 0 saturated heterocycles. The van der Waals surface area contributed by atoms with Gasteiger partial charge in [-0.3, -0.25) is 0 Å². The second-order valence-corrected chi connectivity index (χ2v) is 1.72. The van der Waals surface area contributed by atoms with Crippen molar-refractivity contribution in [2.75, 3.05) is 6.61 Å². The largest absolute Gasteiger partial charge is 0.463 e. The third kappa shape index (κ3) is 1.97. The van der Waals surface area contributed by atoms with Gasteiger partial charge in [-0.25, -0.2) is 4.98 Å². The molecule has 0 aromatic carbocycles. The summed E-state index contributed by atoms with van der Waals surface area (Å²) < 4.78 is 5.06. The summed E-state index contributed by atoms with van der Waals surface area (Å²) in [6, 6.07) is 0.344. The third-order valence-electron chi connectivity index (χ3n) is 0.865. The number of hydrogen-bond acceptors (Lipinski definition) is 4. The molecule has 0 unspecified atom stereocenters. The van der Waals surface area contributed by atoms with Crippen LogP contribution in [0, 0.1) is 6.33 Å². The van der Waals surface area contributed by atoms with Gasteiger partial charge < -0.3 is 4.74 Å². The maximum absolute atomic E-state index is 5.06. The normalized spacial score (nSPS) is 9.30. The lowest BCUT2D eigenvalue weighted by Gasteiger charge is -1.97. The van der Waals surface area contributed by atoms with Crippen LogP contribution in [0.3, 0.4) is 0 Å². The average Bonchev–Trinajstić information content (AvgIpc) is 2.03. The number of rotatable bonds is 3. The highest BCUT2D eigenvalue weighted by Gasteiger charge is 1.91. The van der Waals surface area contributed by atoms with E-state index in [4.69, 9.17) is 4.74 Å². The van der Waals surface area contributed by atoms with Gasteiger partial charge >= 0.3 is 6.01 Å². The lowest BCUT2D eigenvalue weighted by molar-refractivity contribution is 0.291. The molecular formula is C6H8N3O. The van der Waals surface area contributed by atoms with Gasteiger partial charge in [-0.15, -0.1) is 0 Å². The molecule has 0 saturated carbocycles. The fourth-order valence-corrected chi connectivity index (χ4v) is 0.467. The van der Waals surface area contributed by atoms with Crippen molar-refractivity contribution < 1.29 is 4.74 Å². The summed E-state index contributed by atoms with van der Waals surface area (Å²) in [7, 11) is 0. The molecule has 10 heavy (non-hydrogen) atoms. The van der Waals surface area contributed by atoms with Gasteiger partial charge in [0, 0.05) is 0 Å². The predicted octanol–water partition coefficient (Wildman–Crippen LogP) is 0.461. The SMILES string of the molecule is CCCOc1n[c]ncn1. The van der Waals surface area contributed by atoms with Gasteiger partial charge in [-0.2, -0.15) is 9.97 Å². The van der Waals surface area contributed by atoms with Crippen LogP contribution in [-0.2, 0) is 0 Å². The Bertz CT molecular complexity index is 178. The van der Waals surface area contributed by atoms with Crippen molar-refractivity contribution in [1.29, 1.82) is 0 Å². The van der Waals surface area contributed by atoms with Gasteiger partial charge in [0.1, 0.15) is 6.33 Å². The van der Waals surface area contributed by atoms with Crippen molar-refractivity contribution in [2.24, 2.45) is 0 Å². The summed E-state index contributed by atoms with van der Waals surface area (Å²) >= 11 is 0. The van der Waals surface area contributed by atoms with Gasteiger partial charge in [0.2, 0.25) is 6.33 Å². The highest BCUT2D eigenvalue weighted by atomic mass is 16.5. The van der Waals surface area contributed by atoms with Crippen molar-refractivity contribution >= 4 is 0 Å². The number of aromatic nitrogens is 3. The summed E-state index contributed by atoms with van der Waals surface area (Å²) in [6.07, 6.45) is 4.69. The maximum Gasteiger partial charge on any atom is 0.320 e. The van der Waals surface area contributed by atoms with Gasteiger partial charge in [-0.1, -0.05) is 6.92 Å². The second kappa shape index (κ2) is 3.76. The molecule has 0 fully saturated rings. The summed E-state index contributed by atoms with van der Waals surface area (Å²) in [5.74, 6) is 0. The van der Waals surface area contributed by atoms with Gasteiger partial charge in [0.05, 0.1) is 6.61 Å². The molecule has 1 heterocycles. The Hall–Kier alpha value is -1.19. The first-order chi connectivity index (χ1) is 4.93. The van der Waals surface area contributed by atoms with Crippen molar-refractivity contribution in [3.63, 3.8) is 0 Å². The van der Waals surface area contributed by atoms with Crippen LogP contribution in [0.25, 0.3) is 0 Å². The molecule has 1 aromatic rings. The second-order valence-electron chi connectivity index (χ2n) is 1.72. The van der Waals surface area contributed by atoms with Crippen LogP contribution in [0.4, 0.5) is 0 Å². The van der Waals surface area contributed by atoms with E-state index in [0.29, 0.717) is 12.6 Å². The summed E-state index contributed by atoms with van der Waals surface area (Å²) in [5.41, 5.74) is 0. The van der Waals surface area contributed by atoms with Crippen LogP contribution < -0.4 is 4.74 Å². The van der Waals surface area contributed by atoms with E-state index in [9.17, 15) is 0 Å². The zero-order valence-electron chi connectivity index (χ0n) is 5.74. The molecule has 0 amide bonds. The Morgan fingerprint density at radius 1 is 1.70 bits per heavy atom. The highest BCUT2D eigenvalue weighted by Crippen LogP contribution is 1.94. The van der Waals surface area contributed by atoms with Crippen molar-refractivity contribution in [1.82, 2.24) is 15.0 Å². The van der Waals surface area contributed by atoms with E-state index in [0.717, 1.165) is 6.42 Å². The molecule has 0 aliphatic carbocycles. The van der Waals surface area contributed by atoms with E-state index in [1.54, 1.807) is 0 Å². The molecule has 1 rings (SSSR count). The Kier molecular flexibility index (Phi) is 2.61. The van der Waals surface area contributed by atoms with E-state index in [1.807, 2.05) is 6.92 Å². The first-order valence-electron chi connectivity index (χ1n) is 3.11. The van der Waals surface area contributed by atoms with Crippen LogP contribution in [0.1, 0.15) is 13.3 Å². The Labute approximate surface area is 59.3 Å². The van der Waals surface area contributed by atoms with E-state index < -0.39 is 0 Å². The number of nitrogens with zero attached hydrogens (tertiary/aromatic N) is 3. The maximum atomic E-state index is 5.06. The number of hydrogen-bond donors (Lipinski definition) is 0. The number of ether oxygens (including phenoxy) is 1. The zero-order chi connectivity index (χ0) is 7.23. The monoisotopic (exact) mass is 138 g/mol. The lowest BCUT2D eigenvalue weighted by atomic mass is 10.5. The van der Waals surface area contributed by atoms with Crippen LogP contribution in [0.5, 0.6) is 6.01 Å². The molecular weight excluding hydrogens is 130 g/mol. The lowest BCUT2D eigenvalue weighted by Crippen LogP contribution is -1.99. The minimum atomic E-state index is 0.344. The average molecular weight is 138 g/mol. The van der Waals surface area contributed by atoms with Crippen LogP contribution in [-0.4, -0.2) is 21.6 Å². The van der Waals surface area contributed by atoms with E-state index >= 15 is 0 Å². The Balaban J connectivity index is 2.43. The molecule has 4 heteroatoms. The van der Waals surface area contributed by atoms with Crippen LogP contribution >= 0.6 is 0 Å². The van der Waals surface area contributed by atoms with Gasteiger partial charge in [-0.05, 0) is 6.42 Å². The van der Waals surface area contributed by atoms with Crippen molar-refractivity contribution in [3.05, 3.63) is 12.7 Å². The molecule has 53 valence electrons. The minimum Gasteiger partial charge on any atom is -0.463 e. The summed E-state index contributed by atoms with van der Waals surface area (Å²) in [6.45, 7) is 2.66. The quantitative estimate of drug-likeness (QED) is 0.608. The molecule has 4 nitrogen and oxygen atoms in total. The standard InChI is InChI=1S/C6H8N3O/c1-2-3-10-6-8-4-7-5-9-6/h4H,2-3H2,1H3. The molecule has 0 aliphatic rings. The smallest absolute Gasteiger partial charge is 0.320 e. The Morgan fingerprint density at radius 3 is 3.20 bits per heavy atom. The topological polar surface area (TPSA) is 47.9 Å². The molecule has 0 atom stereocenters. The zero-order valence-corrected chi connectivity index (χ0v) is 5.74. The van der Waals surface area contributed by atoms with Crippen molar-refractivity contribution in [2.45, 2.75) is 13.3 Å². The molecule has 0 aliphatic heterocycles. The highest BCUT2D eigenvalue weighted by molar-refractivity contribution is 4.85. The summed E-state index contributed by atoms with van der Waals surface area (Å²) in [5, 5.41) is 0. The van der Waals surface area contributed by atoms with Crippen LogP contribution in [0.15, 0.2) is 6.33 Å². The molecule has 0 bridgehead atoms. The summed E-state index contributed by atoms with van der Waals surface area (Å²) in [4.78, 5) is 10.9. The van der Waals surface area contributed by atoms with Gasteiger partial charge in [0.15, 0.2) is 0 Å². The van der Waals surface area contributed by atoms with Gasteiger partial charge in [0.25, 0.3) is 0 Å². The third-order valence-corrected chi connectivity index (χ3v) is 0.865. The molecule has 1 aromatic heterocycles. The fraction of sp³-hybridized carbons (Fsp3) is 0.500. The van der Waals surface area contributed by atoms with Crippen molar-refractivity contribution in [3.8, 4) is 6.01 Å². The van der Waals surface area contributed by atoms with E-state index in [2.05, 4.69) is 21.3 Å². The van der Waals surface area contributed by atoms with Crippen LogP contribution in [0.2, 0.25) is 0 Å².